The minimum absolute atomic E-state index is 0.0487. The highest BCUT2D eigenvalue weighted by Gasteiger charge is 2.33. The van der Waals surface area contributed by atoms with Gasteiger partial charge in [-0.3, -0.25) is 18.7 Å². The van der Waals surface area contributed by atoms with E-state index in [1.165, 1.54) is 13.8 Å². The maximum Gasteiger partial charge on any atom is 0.345 e. The molecule has 0 spiro atoms. The highest BCUT2D eigenvalue weighted by molar-refractivity contribution is 7.54. The lowest BCUT2D eigenvalue weighted by molar-refractivity contribution is -0.144. The molecule has 0 radical (unpaired) electrons. The van der Waals surface area contributed by atoms with E-state index in [1.54, 1.807) is 6.92 Å². The van der Waals surface area contributed by atoms with Crippen molar-refractivity contribution < 1.29 is 38.4 Å². The second-order valence-electron chi connectivity index (χ2n) is 12.3. The molecule has 2 aromatic rings. The van der Waals surface area contributed by atoms with Crippen LogP contribution in [-0.2, 0) is 23.4 Å². The van der Waals surface area contributed by atoms with Gasteiger partial charge in [0.25, 0.3) is 0 Å². The molecule has 0 aromatic heterocycles. The third kappa shape index (κ3) is 9.54. The zero-order valence-electron chi connectivity index (χ0n) is 28.0. The summed E-state index contributed by atoms with van der Waals surface area (Å²) in [4.78, 5) is 23.7. The molecule has 2 aromatic carbocycles. The maximum atomic E-state index is 13.7. The lowest BCUT2D eigenvalue weighted by atomic mass is 9.86. The van der Waals surface area contributed by atoms with Crippen molar-refractivity contribution in [1.82, 2.24) is 10.2 Å². The van der Waals surface area contributed by atoms with Crippen molar-refractivity contribution in [3.63, 3.8) is 0 Å². The Kier molecular flexibility index (Phi) is 13.5. The molecule has 2 rings (SSSR count). The SMILES string of the molecule is CCOC(=O)C(C)NP(=O)(NC(C)C(=O)O)OCOc1c(C(C)C)cc(-c2cc(C(C)C)c(O)c(C(C)C)c2)cc1C(C)C. The van der Waals surface area contributed by atoms with Crippen LogP contribution >= 0.6 is 7.67 Å². The summed E-state index contributed by atoms with van der Waals surface area (Å²) in [5.41, 5.74) is 5.59. The van der Waals surface area contributed by atoms with E-state index in [0.29, 0.717) is 11.5 Å². The molecular formula is C33H51N2O8P. The second kappa shape index (κ2) is 15.9. The van der Waals surface area contributed by atoms with E-state index >= 15 is 0 Å². The maximum absolute atomic E-state index is 13.7. The summed E-state index contributed by atoms with van der Waals surface area (Å²) in [6.45, 7) is 20.5. The van der Waals surface area contributed by atoms with Crippen LogP contribution in [0, 0.1) is 0 Å². The minimum Gasteiger partial charge on any atom is -0.507 e. The van der Waals surface area contributed by atoms with Gasteiger partial charge >= 0.3 is 19.6 Å². The number of aromatic hydroxyl groups is 1. The molecule has 0 aliphatic rings. The molecule has 3 unspecified atom stereocenters. The Bertz CT molecular complexity index is 1300. The van der Waals surface area contributed by atoms with Gasteiger partial charge in [0.2, 0.25) is 0 Å². The van der Waals surface area contributed by atoms with Crippen LogP contribution in [0.4, 0.5) is 0 Å². The van der Waals surface area contributed by atoms with Gasteiger partial charge in [0.05, 0.1) is 6.61 Å². The smallest absolute Gasteiger partial charge is 0.345 e. The second-order valence-corrected chi connectivity index (χ2v) is 14.2. The standard InChI is InChI=1S/C33H51N2O8P/c1-12-41-33(39)23(11)35-44(40,34-22(10)32(37)38)43-17-42-31-28(20(6)7)15-25(16-29(31)21(8)9)24-13-26(18(2)3)30(36)27(14-24)19(4)5/h13-16,18-23,36H,12,17H2,1-11H3,(H,37,38)(H2,34,35,40). The average molecular weight is 635 g/mol. The third-order valence-corrected chi connectivity index (χ3v) is 9.24. The van der Waals surface area contributed by atoms with Crippen LogP contribution in [0.5, 0.6) is 11.5 Å². The first kappa shape index (κ1) is 37.3. The third-order valence-electron chi connectivity index (χ3n) is 7.31. The quantitative estimate of drug-likeness (QED) is 0.0827. The molecule has 0 saturated heterocycles. The molecule has 3 atom stereocenters. The van der Waals surface area contributed by atoms with Crippen LogP contribution in [0.25, 0.3) is 11.1 Å². The molecular weight excluding hydrogens is 583 g/mol. The fourth-order valence-electron chi connectivity index (χ4n) is 4.75. The van der Waals surface area contributed by atoms with Crippen LogP contribution in [-0.4, -0.2) is 47.6 Å². The topological polar surface area (TPSA) is 143 Å². The Morgan fingerprint density at radius 2 is 1.16 bits per heavy atom. The molecule has 0 saturated carbocycles. The van der Waals surface area contributed by atoms with Gasteiger partial charge in [0.1, 0.15) is 23.6 Å². The van der Waals surface area contributed by atoms with Gasteiger partial charge < -0.3 is 19.7 Å². The number of aliphatic carboxylic acids is 1. The number of hydrogen-bond donors (Lipinski definition) is 4. The van der Waals surface area contributed by atoms with Crippen molar-refractivity contribution in [2.45, 2.75) is 112 Å². The van der Waals surface area contributed by atoms with Crippen LogP contribution in [0.2, 0.25) is 0 Å². The predicted molar refractivity (Wildman–Crippen MR) is 174 cm³/mol. The number of carboxylic acid groups (broad SMARTS) is 1. The Labute approximate surface area is 262 Å². The van der Waals surface area contributed by atoms with Crippen LogP contribution in [0.1, 0.15) is 122 Å². The monoisotopic (exact) mass is 634 g/mol. The number of phenols is 1. The van der Waals surface area contributed by atoms with Crippen molar-refractivity contribution in [2.75, 3.05) is 13.4 Å². The molecule has 0 bridgehead atoms. The highest BCUT2D eigenvalue weighted by Crippen LogP contribution is 2.44. The van der Waals surface area contributed by atoms with Gasteiger partial charge in [-0.25, -0.2) is 10.2 Å². The molecule has 11 heteroatoms. The lowest BCUT2D eigenvalue weighted by Gasteiger charge is -2.26. The van der Waals surface area contributed by atoms with Crippen molar-refractivity contribution in [3.8, 4) is 22.6 Å². The van der Waals surface area contributed by atoms with Gasteiger partial charge in [-0.15, -0.1) is 0 Å². The van der Waals surface area contributed by atoms with Crippen molar-refractivity contribution in [3.05, 3.63) is 46.5 Å². The summed E-state index contributed by atoms with van der Waals surface area (Å²) < 4.78 is 30.5. The lowest BCUT2D eigenvalue weighted by Crippen LogP contribution is -2.42. The van der Waals surface area contributed by atoms with Gasteiger partial charge in [-0.05, 0) is 102 Å². The van der Waals surface area contributed by atoms with Crippen LogP contribution in [0.15, 0.2) is 24.3 Å². The van der Waals surface area contributed by atoms with E-state index in [0.717, 1.165) is 33.4 Å². The zero-order valence-corrected chi connectivity index (χ0v) is 28.9. The molecule has 0 aliphatic heterocycles. The summed E-state index contributed by atoms with van der Waals surface area (Å²) in [5.74, 6) is -0.607. The Morgan fingerprint density at radius 1 is 0.750 bits per heavy atom. The van der Waals surface area contributed by atoms with Gasteiger partial charge in [0, 0.05) is 0 Å². The largest absolute Gasteiger partial charge is 0.507 e. The zero-order chi connectivity index (χ0) is 33.5. The fourth-order valence-corrected chi connectivity index (χ4v) is 6.41. The van der Waals surface area contributed by atoms with E-state index in [-0.39, 0.29) is 30.3 Å². The molecule has 0 heterocycles. The summed E-state index contributed by atoms with van der Waals surface area (Å²) in [6.07, 6.45) is 0. The van der Waals surface area contributed by atoms with E-state index in [2.05, 4.69) is 77.7 Å². The van der Waals surface area contributed by atoms with Crippen LogP contribution in [0.3, 0.4) is 0 Å². The van der Waals surface area contributed by atoms with Gasteiger partial charge in [-0.2, -0.15) is 0 Å². The van der Waals surface area contributed by atoms with Crippen molar-refractivity contribution in [1.29, 1.82) is 0 Å². The number of carboxylic acids is 1. The van der Waals surface area contributed by atoms with Crippen molar-refractivity contribution in [2.24, 2.45) is 0 Å². The molecule has 0 amide bonds. The number of benzene rings is 2. The average Bonchev–Trinajstić information content (AvgIpc) is 2.92. The van der Waals surface area contributed by atoms with E-state index in [4.69, 9.17) is 14.0 Å². The Balaban J connectivity index is 2.54. The first-order chi connectivity index (χ1) is 20.4. The number of phenolic OH excluding ortho intramolecular Hbond substituents is 1. The summed E-state index contributed by atoms with van der Waals surface area (Å²) >= 11 is 0. The molecule has 10 nitrogen and oxygen atoms in total. The normalized spacial score (nSPS) is 14.6. The number of rotatable bonds is 16. The highest BCUT2D eigenvalue weighted by atomic mass is 31.2. The van der Waals surface area contributed by atoms with E-state index < -0.39 is 38.5 Å². The number of carbonyl (C=O) groups is 2. The molecule has 44 heavy (non-hydrogen) atoms. The first-order valence-corrected chi connectivity index (χ1v) is 16.9. The van der Waals surface area contributed by atoms with Crippen molar-refractivity contribution >= 4 is 19.6 Å². The molecule has 0 aliphatic carbocycles. The van der Waals surface area contributed by atoms with Gasteiger partial charge in [-0.1, -0.05) is 55.4 Å². The van der Waals surface area contributed by atoms with E-state index in [9.17, 15) is 24.4 Å². The summed E-state index contributed by atoms with van der Waals surface area (Å²) in [6, 6.07) is 5.94. The number of nitrogens with one attached hydrogen (secondary N) is 2. The van der Waals surface area contributed by atoms with Crippen LogP contribution < -0.4 is 14.9 Å². The Hall–Kier alpha value is -2.91. The summed E-state index contributed by atoms with van der Waals surface area (Å²) in [5, 5.41) is 25.4. The number of esters is 1. The molecule has 0 fully saturated rings. The van der Waals surface area contributed by atoms with E-state index in [1.807, 2.05) is 12.1 Å². The molecule has 246 valence electrons. The number of carbonyl (C=O) groups excluding carboxylic acids is 1. The minimum atomic E-state index is -4.10. The number of ether oxygens (including phenoxy) is 2. The summed E-state index contributed by atoms with van der Waals surface area (Å²) in [7, 11) is -4.10. The predicted octanol–water partition coefficient (Wildman–Crippen LogP) is 7.62. The van der Waals surface area contributed by atoms with Gasteiger partial charge in [0.15, 0.2) is 6.79 Å². The molecule has 4 N–H and O–H groups in total. The Morgan fingerprint density at radius 3 is 1.55 bits per heavy atom. The number of hydrogen-bond acceptors (Lipinski definition) is 7. The first-order valence-electron chi connectivity index (χ1n) is 15.3. The fraction of sp³-hybridized carbons (Fsp3) is 0.576.